The Balaban J connectivity index is 2.24. The van der Waals surface area contributed by atoms with Crippen LogP contribution in [0.15, 0.2) is 60.7 Å². The highest BCUT2D eigenvalue weighted by Gasteiger charge is 2.27. The van der Waals surface area contributed by atoms with E-state index in [1.54, 1.807) is 12.1 Å². The molecule has 0 aliphatic rings. The lowest BCUT2D eigenvalue weighted by atomic mass is 10.1. The predicted octanol–water partition coefficient (Wildman–Crippen LogP) is 3.13. The van der Waals surface area contributed by atoms with Crippen molar-refractivity contribution in [1.82, 2.24) is 4.90 Å². The summed E-state index contributed by atoms with van der Waals surface area (Å²) in [6.45, 7) is 2.41. The smallest absolute Gasteiger partial charge is 0.305 e. The lowest BCUT2D eigenvalue weighted by molar-refractivity contribution is -0.141. The first-order chi connectivity index (χ1) is 11.6. The summed E-state index contributed by atoms with van der Waals surface area (Å²) in [4.78, 5) is 25.2. The number of nitrogens with zero attached hydrogens (tertiary/aromatic N) is 1. The minimum Gasteiger partial charge on any atom is -0.481 e. The molecule has 2 aromatic carbocycles. The molecule has 24 heavy (non-hydrogen) atoms. The second-order valence-electron chi connectivity index (χ2n) is 5.28. The molecule has 0 aromatic heterocycles. The molecule has 1 amide bonds. The number of likely N-dealkylation sites (N-methyl/N-ethyl adjacent to an activating group) is 1. The highest BCUT2D eigenvalue weighted by molar-refractivity contribution is 5.83. The lowest BCUT2D eigenvalue weighted by Crippen LogP contribution is -2.38. The zero-order valence-electron chi connectivity index (χ0n) is 13.6. The van der Waals surface area contributed by atoms with E-state index in [1.165, 1.54) is 4.90 Å². The lowest BCUT2D eigenvalue weighted by Gasteiger charge is -2.26. The Kier molecular flexibility index (Phi) is 6.37. The molecule has 0 aliphatic heterocycles. The first kappa shape index (κ1) is 17.5. The van der Waals surface area contributed by atoms with E-state index in [1.807, 2.05) is 55.5 Å². The predicted molar refractivity (Wildman–Crippen MR) is 90.8 cm³/mol. The number of hydrogen-bond donors (Lipinski definition) is 1. The number of carbonyl (C=O) groups is 2. The number of carboxylic acid groups (broad SMARTS) is 1. The Morgan fingerprint density at radius 1 is 1.04 bits per heavy atom. The Morgan fingerprint density at radius 3 is 2.17 bits per heavy atom. The number of benzene rings is 2. The number of carboxylic acids is 1. The van der Waals surface area contributed by atoms with E-state index in [-0.39, 0.29) is 18.9 Å². The fraction of sp³-hybridized carbons (Fsp3) is 0.263. The monoisotopic (exact) mass is 327 g/mol. The van der Waals surface area contributed by atoms with Crippen molar-refractivity contribution >= 4 is 11.9 Å². The van der Waals surface area contributed by atoms with Gasteiger partial charge in [0.25, 0.3) is 5.91 Å². The van der Waals surface area contributed by atoms with Gasteiger partial charge in [-0.3, -0.25) is 9.59 Å². The molecule has 0 aliphatic carbocycles. The van der Waals surface area contributed by atoms with Crippen LogP contribution >= 0.6 is 0 Å². The number of para-hydroxylation sites is 1. The zero-order valence-corrected chi connectivity index (χ0v) is 13.6. The maximum atomic E-state index is 12.9. The largest absolute Gasteiger partial charge is 0.481 e. The Morgan fingerprint density at radius 2 is 1.62 bits per heavy atom. The fourth-order valence-corrected chi connectivity index (χ4v) is 2.34. The number of aliphatic carboxylic acids is 1. The second-order valence-corrected chi connectivity index (χ2v) is 5.28. The van der Waals surface area contributed by atoms with Gasteiger partial charge >= 0.3 is 5.97 Å². The molecule has 0 bridgehead atoms. The molecule has 1 atom stereocenters. The molecule has 0 saturated heterocycles. The van der Waals surface area contributed by atoms with E-state index in [0.29, 0.717) is 12.3 Å². The third kappa shape index (κ3) is 4.84. The molecule has 0 spiro atoms. The highest BCUT2D eigenvalue weighted by atomic mass is 16.5. The second kappa shape index (κ2) is 8.72. The van der Waals surface area contributed by atoms with E-state index >= 15 is 0 Å². The minimum atomic E-state index is -0.929. The molecule has 0 heterocycles. The SMILES string of the molecule is CCN(CCC(=O)O)C(=O)C(Oc1ccccc1)c1ccccc1. The van der Waals surface area contributed by atoms with Crippen molar-refractivity contribution in [1.29, 1.82) is 0 Å². The van der Waals surface area contributed by atoms with Crippen molar-refractivity contribution in [3.05, 3.63) is 66.2 Å². The third-order valence-corrected chi connectivity index (χ3v) is 3.61. The molecule has 0 saturated carbocycles. The summed E-state index contributed by atoms with van der Waals surface area (Å²) in [6.07, 6.45) is -0.894. The van der Waals surface area contributed by atoms with Crippen LogP contribution in [0, 0.1) is 0 Å². The van der Waals surface area contributed by atoms with Crippen LogP contribution in [0.4, 0.5) is 0 Å². The van der Waals surface area contributed by atoms with Gasteiger partial charge in [-0.25, -0.2) is 0 Å². The van der Waals surface area contributed by atoms with E-state index in [9.17, 15) is 9.59 Å². The number of ether oxygens (including phenoxy) is 1. The number of rotatable bonds is 8. The Hall–Kier alpha value is -2.82. The summed E-state index contributed by atoms with van der Waals surface area (Å²) in [5.74, 6) is -0.579. The molecular formula is C19H21NO4. The maximum absolute atomic E-state index is 12.9. The standard InChI is InChI=1S/C19H21NO4/c1-2-20(14-13-17(21)22)19(23)18(15-9-5-3-6-10-15)24-16-11-7-4-8-12-16/h3-12,18H,2,13-14H2,1H3,(H,21,22). The minimum absolute atomic E-state index is 0.0908. The van der Waals surface area contributed by atoms with Gasteiger partial charge in [0.15, 0.2) is 0 Å². The van der Waals surface area contributed by atoms with Crippen LogP contribution < -0.4 is 4.74 Å². The van der Waals surface area contributed by atoms with Gasteiger partial charge in [-0.2, -0.15) is 0 Å². The summed E-state index contributed by atoms with van der Waals surface area (Å²) >= 11 is 0. The van der Waals surface area contributed by atoms with Crippen molar-refractivity contribution in [2.45, 2.75) is 19.4 Å². The topological polar surface area (TPSA) is 66.8 Å². The van der Waals surface area contributed by atoms with Crippen LogP contribution in [0.25, 0.3) is 0 Å². The fourth-order valence-electron chi connectivity index (χ4n) is 2.34. The Labute approximate surface area is 141 Å². The van der Waals surface area contributed by atoms with Crippen LogP contribution in [0.3, 0.4) is 0 Å². The summed E-state index contributed by atoms with van der Waals surface area (Å²) < 4.78 is 5.91. The van der Waals surface area contributed by atoms with Crippen LogP contribution in [-0.2, 0) is 9.59 Å². The summed E-state index contributed by atoms with van der Waals surface area (Å²) in [5, 5.41) is 8.86. The molecule has 0 radical (unpaired) electrons. The van der Waals surface area contributed by atoms with Gasteiger partial charge in [0.1, 0.15) is 5.75 Å². The number of carbonyl (C=O) groups excluding carboxylic acids is 1. The maximum Gasteiger partial charge on any atom is 0.305 e. The van der Waals surface area contributed by atoms with Crippen molar-refractivity contribution in [2.24, 2.45) is 0 Å². The molecule has 2 rings (SSSR count). The highest BCUT2D eigenvalue weighted by Crippen LogP contribution is 2.24. The summed E-state index contributed by atoms with van der Waals surface area (Å²) in [7, 11) is 0. The average Bonchev–Trinajstić information content (AvgIpc) is 2.61. The normalized spacial score (nSPS) is 11.5. The zero-order chi connectivity index (χ0) is 17.4. The van der Waals surface area contributed by atoms with Gasteiger partial charge in [-0.05, 0) is 19.1 Å². The molecular weight excluding hydrogens is 306 g/mol. The number of hydrogen-bond acceptors (Lipinski definition) is 3. The average molecular weight is 327 g/mol. The van der Waals surface area contributed by atoms with Crippen molar-refractivity contribution in [2.75, 3.05) is 13.1 Å². The van der Waals surface area contributed by atoms with Crippen LogP contribution in [0.1, 0.15) is 25.0 Å². The molecule has 1 unspecified atom stereocenters. The Bertz CT molecular complexity index is 658. The quantitative estimate of drug-likeness (QED) is 0.809. The number of amides is 1. The van der Waals surface area contributed by atoms with E-state index in [2.05, 4.69) is 0 Å². The van der Waals surface area contributed by atoms with E-state index < -0.39 is 12.1 Å². The molecule has 0 fully saturated rings. The van der Waals surface area contributed by atoms with E-state index in [0.717, 1.165) is 5.56 Å². The van der Waals surface area contributed by atoms with Crippen LogP contribution in [-0.4, -0.2) is 35.0 Å². The third-order valence-electron chi connectivity index (χ3n) is 3.61. The molecule has 2 aromatic rings. The molecule has 5 nitrogen and oxygen atoms in total. The first-order valence-electron chi connectivity index (χ1n) is 7.89. The summed E-state index contributed by atoms with van der Waals surface area (Å²) in [6, 6.07) is 18.3. The van der Waals surface area contributed by atoms with Gasteiger partial charge < -0.3 is 14.7 Å². The summed E-state index contributed by atoms with van der Waals surface area (Å²) in [5.41, 5.74) is 0.736. The van der Waals surface area contributed by atoms with Crippen LogP contribution in [0.2, 0.25) is 0 Å². The molecule has 5 heteroatoms. The van der Waals surface area contributed by atoms with Crippen LogP contribution in [0.5, 0.6) is 5.75 Å². The van der Waals surface area contributed by atoms with Gasteiger partial charge in [-0.15, -0.1) is 0 Å². The van der Waals surface area contributed by atoms with Gasteiger partial charge in [0, 0.05) is 18.7 Å². The van der Waals surface area contributed by atoms with Gasteiger partial charge in [0.05, 0.1) is 6.42 Å². The van der Waals surface area contributed by atoms with Gasteiger partial charge in [-0.1, -0.05) is 48.5 Å². The van der Waals surface area contributed by atoms with Gasteiger partial charge in [0.2, 0.25) is 6.10 Å². The molecule has 1 N–H and O–H groups in total. The van der Waals surface area contributed by atoms with Crippen molar-refractivity contribution in [3.8, 4) is 5.75 Å². The van der Waals surface area contributed by atoms with E-state index in [4.69, 9.17) is 9.84 Å². The van der Waals surface area contributed by atoms with Crippen molar-refractivity contribution < 1.29 is 19.4 Å². The first-order valence-corrected chi connectivity index (χ1v) is 7.89. The molecule has 126 valence electrons. The van der Waals surface area contributed by atoms with Crippen molar-refractivity contribution in [3.63, 3.8) is 0 Å².